The van der Waals surface area contributed by atoms with Gasteiger partial charge in [-0.15, -0.1) is 11.3 Å². The monoisotopic (exact) mass is 788 g/mol. The Morgan fingerprint density at radius 2 is 1.91 bits per heavy atom. The van der Waals surface area contributed by atoms with Gasteiger partial charge in [0.1, 0.15) is 17.7 Å². The van der Waals surface area contributed by atoms with E-state index in [1.165, 1.54) is 16.3 Å². The molecular weight excluding hydrogens is 733 g/mol. The van der Waals surface area contributed by atoms with Gasteiger partial charge in [0.25, 0.3) is 5.91 Å². The van der Waals surface area contributed by atoms with Gasteiger partial charge >= 0.3 is 12.1 Å². The van der Waals surface area contributed by atoms with Crippen LogP contribution in [-0.2, 0) is 43.2 Å². The number of alkyl carbamates (subject to hydrolysis) is 1. The largest absolute Gasteiger partial charge is 0.465 e. The van der Waals surface area contributed by atoms with Gasteiger partial charge in [-0.1, -0.05) is 19.9 Å². The molecule has 1 saturated heterocycles. The van der Waals surface area contributed by atoms with Crippen molar-refractivity contribution >= 4 is 40.2 Å². The number of thiazole rings is 1. The van der Waals surface area contributed by atoms with Crippen molar-refractivity contribution < 1.29 is 33.7 Å². The van der Waals surface area contributed by atoms with Crippen molar-refractivity contribution in [1.82, 2.24) is 30.3 Å². The van der Waals surface area contributed by atoms with E-state index >= 15 is 0 Å². The molecule has 0 bridgehead atoms. The van der Waals surface area contributed by atoms with E-state index in [9.17, 15) is 19.5 Å². The van der Waals surface area contributed by atoms with Gasteiger partial charge in [0.05, 0.1) is 34.8 Å². The molecule has 2 fully saturated rings. The maximum absolute atomic E-state index is 14.1. The first-order valence-corrected chi connectivity index (χ1v) is 20.4. The summed E-state index contributed by atoms with van der Waals surface area (Å²) in [6.07, 6.45) is 2.40. The van der Waals surface area contributed by atoms with Gasteiger partial charge in [0.2, 0.25) is 0 Å². The van der Waals surface area contributed by atoms with Crippen molar-refractivity contribution in [1.29, 1.82) is 0 Å². The van der Waals surface area contributed by atoms with Gasteiger partial charge in [0.15, 0.2) is 0 Å². The third kappa shape index (κ3) is 8.93. The molecule has 2 aliphatic rings. The fourth-order valence-electron chi connectivity index (χ4n) is 7.59. The molecule has 1 saturated carbocycles. The maximum Gasteiger partial charge on any atom is 0.408 e. The molecule has 1 aliphatic heterocycles. The highest BCUT2D eigenvalue weighted by Crippen LogP contribution is 2.45. The van der Waals surface area contributed by atoms with E-state index in [2.05, 4.69) is 60.3 Å². The topological polar surface area (TPSA) is 157 Å². The number of fused-ring (bicyclic) bond motifs is 2. The highest BCUT2D eigenvalue weighted by Gasteiger charge is 2.53. The molecule has 0 radical (unpaired) electrons. The van der Waals surface area contributed by atoms with Crippen LogP contribution in [0.5, 0.6) is 0 Å². The molecule has 2 amide bonds. The summed E-state index contributed by atoms with van der Waals surface area (Å²) >= 11 is 1.41. The summed E-state index contributed by atoms with van der Waals surface area (Å²) < 4.78 is 18.9. The molecule has 302 valence electrons. The number of ether oxygens (including phenoxy) is 3. The average Bonchev–Trinajstić information content (AvgIpc) is 3.70. The Labute approximate surface area is 333 Å². The predicted molar refractivity (Wildman–Crippen MR) is 216 cm³/mol. The minimum atomic E-state index is -1.01. The smallest absolute Gasteiger partial charge is 0.408 e. The second kappa shape index (κ2) is 16.6. The molecule has 6 rings (SSSR count). The highest BCUT2D eigenvalue weighted by atomic mass is 32.1. The summed E-state index contributed by atoms with van der Waals surface area (Å²) in [6, 6.07) is 8.73. The normalized spacial score (nSPS) is 19.3. The maximum atomic E-state index is 14.1. The first kappa shape index (κ1) is 41.3. The number of aliphatic hydroxyl groups excluding tert-OH is 1. The van der Waals surface area contributed by atoms with Crippen LogP contribution in [0, 0.1) is 17.3 Å². The van der Waals surface area contributed by atoms with E-state index in [1.54, 1.807) is 41.0 Å². The molecule has 1 aliphatic carbocycles. The molecule has 0 spiro atoms. The minimum Gasteiger partial charge on any atom is -0.465 e. The molecule has 3 aromatic heterocycles. The van der Waals surface area contributed by atoms with Gasteiger partial charge < -0.3 is 29.2 Å². The molecule has 14 heteroatoms. The Bertz CT molecular complexity index is 2070. The van der Waals surface area contributed by atoms with E-state index < -0.39 is 29.2 Å². The summed E-state index contributed by atoms with van der Waals surface area (Å²) in [4.78, 5) is 49.7. The zero-order valence-corrected chi connectivity index (χ0v) is 34.8. The zero-order valence-electron chi connectivity index (χ0n) is 34.0. The van der Waals surface area contributed by atoms with Gasteiger partial charge in [-0.25, -0.2) is 15.2 Å². The second-order valence-electron chi connectivity index (χ2n) is 16.6. The number of benzene rings is 1. The lowest BCUT2D eigenvalue weighted by atomic mass is 9.84. The number of nitrogens with one attached hydrogen (secondary N) is 2. The number of pyridine rings is 1. The van der Waals surface area contributed by atoms with Crippen LogP contribution in [0.25, 0.3) is 33.4 Å². The van der Waals surface area contributed by atoms with Crippen LogP contribution >= 0.6 is 11.3 Å². The summed E-state index contributed by atoms with van der Waals surface area (Å²) in [7, 11) is 1.68. The summed E-state index contributed by atoms with van der Waals surface area (Å²) in [6.45, 7) is 16.7. The first-order chi connectivity index (χ1) is 26.6. The molecule has 3 N–H and O–H groups in total. The van der Waals surface area contributed by atoms with Crippen LogP contribution in [0.4, 0.5) is 4.79 Å². The lowest BCUT2D eigenvalue weighted by Gasteiger charge is -2.34. The molecule has 13 nitrogen and oxygen atoms in total. The number of rotatable bonds is 14. The third-order valence-corrected chi connectivity index (χ3v) is 11.4. The molecule has 4 aromatic rings. The summed E-state index contributed by atoms with van der Waals surface area (Å²) in [5.74, 6) is -0.460. The number of carbonyl (C=O) groups excluding carboxylic acids is 3. The van der Waals surface area contributed by atoms with Gasteiger partial charge in [-0.05, 0) is 101 Å². The van der Waals surface area contributed by atoms with Crippen LogP contribution < -0.4 is 10.7 Å². The number of nitrogens with zero attached hydrogens (tertiary/aromatic N) is 4. The van der Waals surface area contributed by atoms with Crippen LogP contribution in [0.15, 0.2) is 41.9 Å². The van der Waals surface area contributed by atoms with Crippen LogP contribution in [-0.4, -0.2) is 87.2 Å². The molecule has 4 heterocycles. The van der Waals surface area contributed by atoms with Crippen molar-refractivity contribution in [3.8, 4) is 22.5 Å². The molecule has 2 unspecified atom stereocenters. The standard InChI is InChI=1S/C42H56N6O7S/c1-10-47-33-15-14-25(17-29(33)30(20-42(7,8)23-49)37(47)27-13-12-16-43-35(27)24(3)53-9)32-22-56-34(44-32)19-31(45-40(52)55-41(4,5)6)38(50)48-21-26-18-28(26)36(46-48)39(51)54-11-2/h12-17,22,24,26,28,31,36,46,49H,10-11,18-21,23H2,1-9H3,(H,45,52)/t24-,26?,28?,31-,36-/m0/s1. The van der Waals surface area contributed by atoms with Crippen molar-refractivity contribution in [3.63, 3.8) is 0 Å². The van der Waals surface area contributed by atoms with E-state index in [-0.39, 0.29) is 49.5 Å². The van der Waals surface area contributed by atoms with Gasteiger partial charge in [-0.3, -0.25) is 19.6 Å². The second-order valence-corrected chi connectivity index (χ2v) is 17.6. The zero-order chi connectivity index (χ0) is 40.5. The number of carbonyl (C=O) groups is 3. The van der Waals surface area contributed by atoms with E-state index in [1.807, 2.05) is 18.4 Å². The minimum absolute atomic E-state index is 0.0175. The summed E-state index contributed by atoms with van der Waals surface area (Å²) in [5, 5.41) is 18.3. The van der Waals surface area contributed by atoms with Crippen LogP contribution in [0.1, 0.15) is 84.2 Å². The Morgan fingerprint density at radius 3 is 2.59 bits per heavy atom. The van der Waals surface area contributed by atoms with Crippen LogP contribution in [0.3, 0.4) is 0 Å². The molecule has 56 heavy (non-hydrogen) atoms. The number of hydrogen-bond acceptors (Lipinski definition) is 11. The third-order valence-electron chi connectivity index (χ3n) is 10.5. The number of hydrogen-bond donors (Lipinski definition) is 3. The number of aromatic nitrogens is 3. The Hall–Kier alpha value is -4.37. The molecular formula is C42H56N6O7S. The number of esters is 1. The quantitative estimate of drug-likeness (QED) is 0.121. The first-order valence-electron chi connectivity index (χ1n) is 19.5. The van der Waals surface area contributed by atoms with Crippen molar-refractivity contribution in [2.45, 2.75) is 105 Å². The molecule has 5 atom stereocenters. The predicted octanol–water partition coefficient (Wildman–Crippen LogP) is 6.47. The number of methoxy groups -OCH3 is 1. The Morgan fingerprint density at radius 1 is 1.14 bits per heavy atom. The van der Waals surface area contributed by atoms with E-state index in [4.69, 9.17) is 24.2 Å². The lowest BCUT2D eigenvalue weighted by molar-refractivity contribution is -0.152. The average molecular weight is 789 g/mol. The number of hydrazine groups is 1. The number of aryl methyl sites for hydroxylation is 1. The van der Waals surface area contributed by atoms with Gasteiger partial charge in [-0.2, -0.15) is 0 Å². The van der Waals surface area contributed by atoms with E-state index in [0.29, 0.717) is 18.0 Å². The fraction of sp³-hybridized carbons (Fsp3) is 0.548. The van der Waals surface area contributed by atoms with Crippen molar-refractivity contribution in [2.24, 2.45) is 17.3 Å². The number of aliphatic hydroxyl groups is 1. The Kier molecular flexibility index (Phi) is 12.2. The van der Waals surface area contributed by atoms with Crippen molar-refractivity contribution in [2.75, 3.05) is 26.9 Å². The Balaban J connectivity index is 1.35. The van der Waals surface area contributed by atoms with E-state index in [0.717, 1.165) is 57.6 Å². The van der Waals surface area contributed by atoms with Crippen molar-refractivity contribution in [3.05, 3.63) is 58.2 Å². The molecule has 1 aromatic carbocycles. The summed E-state index contributed by atoms with van der Waals surface area (Å²) in [5.41, 5.74) is 8.62. The SMILES string of the molecule is CCOC(=O)[C@H]1NN(C(=O)[C@H](Cc2nc(-c3ccc4c(c3)c(CC(C)(C)CO)c(-c3cccnc3[C@H](C)OC)n4CC)cs2)NC(=O)OC(C)(C)C)CC2CC21. The van der Waals surface area contributed by atoms with Gasteiger partial charge in [0, 0.05) is 66.8 Å². The lowest BCUT2D eigenvalue weighted by Crippen LogP contribution is -2.61. The van der Waals surface area contributed by atoms with Crippen LogP contribution in [0.2, 0.25) is 0 Å². The number of amides is 2. The fourth-order valence-corrected chi connectivity index (χ4v) is 8.44. The highest BCUT2D eigenvalue weighted by molar-refractivity contribution is 7.10.